The van der Waals surface area contributed by atoms with Crippen LogP contribution in [0.2, 0.25) is 0 Å². The molecule has 0 bridgehead atoms. The molecule has 0 fully saturated rings. The van der Waals surface area contributed by atoms with Crippen LogP contribution in [0.5, 0.6) is 0 Å². The molecule has 0 saturated carbocycles. The van der Waals surface area contributed by atoms with E-state index in [4.69, 9.17) is 0 Å². The minimum absolute atomic E-state index is 0.235. The highest BCUT2D eigenvalue weighted by molar-refractivity contribution is 6.10. The average molecular weight is 319 g/mol. The van der Waals surface area contributed by atoms with E-state index in [0.717, 1.165) is 7.11 Å². The number of hydrogen-bond donors (Lipinski definition) is 2. The van der Waals surface area contributed by atoms with E-state index in [0.29, 0.717) is 0 Å². The number of anilines is 1. The predicted octanol–water partition coefficient (Wildman–Crippen LogP) is 1.27. The molecule has 1 aliphatic heterocycles. The summed E-state index contributed by atoms with van der Waals surface area (Å²) in [7, 11) is 0.923. The number of esters is 1. The van der Waals surface area contributed by atoms with Gasteiger partial charge in [-0.1, -0.05) is 5.16 Å². The molecule has 1 unspecified atom stereocenters. The first-order chi connectivity index (χ1) is 10.1. The number of methoxy groups -OCH3 is 1. The molecule has 0 radical (unpaired) electrons. The summed E-state index contributed by atoms with van der Waals surface area (Å²) in [6, 6.07) is 1.17. The Morgan fingerprint density at radius 2 is 2.09 bits per heavy atom. The summed E-state index contributed by atoms with van der Waals surface area (Å²) < 4.78 is 50.0. The first-order valence-corrected chi connectivity index (χ1v) is 6.03. The number of carbonyl (C=O) groups is 2. The van der Waals surface area contributed by atoms with Crippen LogP contribution in [-0.2, 0) is 14.3 Å². The van der Waals surface area contributed by atoms with Crippen molar-refractivity contribution >= 4 is 17.7 Å². The summed E-state index contributed by atoms with van der Waals surface area (Å²) in [5.74, 6) is -2.82. The number of alkyl halides is 3. The molecule has 2 heterocycles. The number of amides is 1. The molecule has 0 aromatic carbocycles. The van der Waals surface area contributed by atoms with E-state index in [-0.39, 0.29) is 17.3 Å². The second-order valence-corrected chi connectivity index (χ2v) is 4.64. The summed E-state index contributed by atoms with van der Waals surface area (Å²) in [6.07, 6.45) is -5.12. The number of hydrogen-bond acceptors (Lipinski definition) is 6. The molecule has 1 aromatic heterocycles. The zero-order valence-corrected chi connectivity index (χ0v) is 11.8. The van der Waals surface area contributed by atoms with Gasteiger partial charge < -0.3 is 19.9 Å². The Morgan fingerprint density at radius 3 is 2.55 bits per heavy atom. The number of aromatic nitrogens is 1. The van der Waals surface area contributed by atoms with Crippen LogP contribution in [0.3, 0.4) is 0 Å². The van der Waals surface area contributed by atoms with Crippen LogP contribution < -0.4 is 10.6 Å². The molecule has 1 atom stereocenters. The van der Waals surface area contributed by atoms with Crippen molar-refractivity contribution in [2.24, 2.45) is 0 Å². The molecule has 1 amide bonds. The maximum atomic E-state index is 13.7. The quantitative estimate of drug-likeness (QED) is 0.815. The lowest BCUT2D eigenvalue weighted by Crippen LogP contribution is -2.60. The fourth-order valence-electron chi connectivity index (χ4n) is 2.21. The lowest BCUT2D eigenvalue weighted by molar-refractivity contribution is -0.178. The van der Waals surface area contributed by atoms with E-state index in [2.05, 4.69) is 14.4 Å². The molecular weight excluding hydrogens is 307 g/mol. The lowest BCUT2D eigenvalue weighted by atomic mass is 9.89. The second kappa shape index (κ2) is 5.04. The third-order valence-corrected chi connectivity index (χ3v) is 3.15. The second-order valence-electron chi connectivity index (χ2n) is 4.64. The number of nitrogens with zero attached hydrogens (tertiary/aromatic N) is 1. The van der Waals surface area contributed by atoms with Crippen LogP contribution in [0, 0.1) is 6.92 Å². The minimum atomic E-state index is -5.12. The summed E-state index contributed by atoms with van der Waals surface area (Å²) in [5.41, 5.74) is -4.41. The summed E-state index contributed by atoms with van der Waals surface area (Å²) in [6.45, 7) is 2.64. The molecule has 22 heavy (non-hydrogen) atoms. The standard InChI is InChI=1S/C12H12F3N3O4/c1-5-4-7(18-22-5)17-11(12(13,14)15)8(9(19)21-3)6(2)16-10(11)20/h4H,1-3H3,(H,16,20)(H,17,18). The Kier molecular flexibility index (Phi) is 3.63. The van der Waals surface area contributed by atoms with Gasteiger partial charge in [0.15, 0.2) is 5.82 Å². The highest BCUT2D eigenvalue weighted by atomic mass is 19.4. The Bertz CT molecular complexity index is 665. The van der Waals surface area contributed by atoms with Gasteiger partial charge in [-0.3, -0.25) is 4.79 Å². The van der Waals surface area contributed by atoms with Crippen molar-refractivity contribution in [2.75, 3.05) is 12.4 Å². The van der Waals surface area contributed by atoms with Crippen molar-refractivity contribution in [3.05, 3.63) is 23.1 Å². The van der Waals surface area contributed by atoms with Gasteiger partial charge in [0.2, 0.25) is 5.54 Å². The van der Waals surface area contributed by atoms with Crippen molar-refractivity contribution in [3.63, 3.8) is 0 Å². The van der Waals surface area contributed by atoms with Crippen LogP contribution >= 0.6 is 0 Å². The third-order valence-electron chi connectivity index (χ3n) is 3.15. The maximum absolute atomic E-state index is 13.7. The SMILES string of the molecule is COC(=O)C1=C(C)NC(=O)C1(Nc1cc(C)on1)C(F)(F)F. The fourth-order valence-corrected chi connectivity index (χ4v) is 2.21. The largest absolute Gasteiger partial charge is 0.466 e. The van der Waals surface area contributed by atoms with Crippen LogP contribution in [0.4, 0.5) is 19.0 Å². The normalized spacial score (nSPS) is 21.8. The summed E-state index contributed by atoms with van der Waals surface area (Å²) >= 11 is 0. The number of nitrogens with one attached hydrogen (secondary N) is 2. The Labute approximate surface area is 122 Å². The number of rotatable bonds is 3. The topological polar surface area (TPSA) is 93.5 Å². The van der Waals surface area contributed by atoms with Crippen LogP contribution in [0.1, 0.15) is 12.7 Å². The zero-order valence-electron chi connectivity index (χ0n) is 11.8. The van der Waals surface area contributed by atoms with Gasteiger partial charge in [-0.05, 0) is 13.8 Å². The number of aryl methyl sites for hydroxylation is 1. The van der Waals surface area contributed by atoms with Gasteiger partial charge in [0.1, 0.15) is 11.3 Å². The molecular formula is C12H12F3N3O4. The number of allylic oxidation sites excluding steroid dienone is 1. The van der Waals surface area contributed by atoms with Gasteiger partial charge in [-0.15, -0.1) is 0 Å². The summed E-state index contributed by atoms with van der Waals surface area (Å²) in [5, 5.41) is 7.34. The van der Waals surface area contributed by atoms with Crippen LogP contribution in [0.15, 0.2) is 21.9 Å². The van der Waals surface area contributed by atoms with E-state index in [1.54, 1.807) is 0 Å². The smallest absolute Gasteiger partial charge is 0.425 e. The molecule has 120 valence electrons. The molecule has 7 nitrogen and oxygen atoms in total. The first kappa shape index (κ1) is 15.9. The van der Waals surface area contributed by atoms with Gasteiger partial charge in [0, 0.05) is 11.8 Å². The molecule has 10 heteroatoms. The van der Waals surface area contributed by atoms with Crippen molar-refractivity contribution in [2.45, 2.75) is 25.6 Å². The molecule has 0 spiro atoms. The van der Waals surface area contributed by atoms with Crippen LogP contribution in [-0.4, -0.2) is 35.9 Å². The fraction of sp³-hybridized carbons (Fsp3) is 0.417. The first-order valence-electron chi connectivity index (χ1n) is 6.03. The van der Waals surface area contributed by atoms with E-state index in [1.165, 1.54) is 19.9 Å². The van der Waals surface area contributed by atoms with Crippen molar-refractivity contribution in [1.82, 2.24) is 10.5 Å². The number of carbonyl (C=O) groups excluding carboxylic acids is 2. The Morgan fingerprint density at radius 1 is 1.45 bits per heavy atom. The predicted molar refractivity (Wildman–Crippen MR) is 66.5 cm³/mol. The van der Waals surface area contributed by atoms with Crippen molar-refractivity contribution in [1.29, 1.82) is 0 Å². The Hall–Kier alpha value is -2.52. The maximum Gasteiger partial charge on any atom is 0.425 e. The van der Waals surface area contributed by atoms with E-state index in [1.807, 2.05) is 10.6 Å². The van der Waals surface area contributed by atoms with E-state index >= 15 is 0 Å². The number of ether oxygens (including phenoxy) is 1. The van der Waals surface area contributed by atoms with Crippen LogP contribution in [0.25, 0.3) is 0 Å². The molecule has 0 saturated heterocycles. The molecule has 1 aromatic rings. The molecule has 2 N–H and O–H groups in total. The van der Waals surface area contributed by atoms with Gasteiger partial charge >= 0.3 is 12.1 Å². The Balaban J connectivity index is 2.62. The molecule has 2 rings (SSSR count). The van der Waals surface area contributed by atoms with Gasteiger partial charge in [-0.2, -0.15) is 13.2 Å². The summed E-state index contributed by atoms with van der Waals surface area (Å²) in [4.78, 5) is 23.8. The highest BCUT2D eigenvalue weighted by Gasteiger charge is 2.68. The van der Waals surface area contributed by atoms with E-state index < -0.39 is 29.2 Å². The zero-order chi connectivity index (χ0) is 16.7. The van der Waals surface area contributed by atoms with Gasteiger partial charge in [-0.25, -0.2) is 4.79 Å². The van der Waals surface area contributed by atoms with E-state index in [9.17, 15) is 22.8 Å². The van der Waals surface area contributed by atoms with Gasteiger partial charge in [0.05, 0.1) is 7.11 Å². The van der Waals surface area contributed by atoms with Crippen molar-refractivity contribution < 1.29 is 32.0 Å². The molecule has 0 aliphatic carbocycles. The average Bonchev–Trinajstić information content (AvgIpc) is 2.91. The number of halogens is 3. The minimum Gasteiger partial charge on any atom is -0.466 e. The highest BCUT2D eigenvalue weighted by Crippen LogP contribution is 2.43. The van der Waals surface area contributed by atoms with Gasteiger partial charge in [0.25, 0.3) is 5.91 Å². The van der Waals surface area contributed by atoms with Crippen molar-refractivity contribution in [3.8, 4) is 0 Å². The lowest BCUT2D eigenvalue weighted by Gasteiger charge is -2.31. The monoisotopic (exact) mass is 319 g/mol. The third kappa shape index (κ3) is 2.20. The molecule has 1 aliphatic rings.